The Morgan fingerprint density at radius 3 is 2.57 bits per heavy atom. The summed E-state index contributed by atoms with van der Waals surface area (Å²) in [5, 5.41) is 13.3. The van der Waals surface area contributed by atoms with Gasteiger partial charge in [0.2, 0.25) is 5.75 Å². The molecule has 37 heavy (non-hydrogen) atoms. The van der Waals surface area contributed by atoms with Crippen LogP contribution in [0.25, 0.3) is 11.5 Å². The van der Waals surface area contributed by atoms with Crippen LogP contribution in [0.2, 0.25) is 0 Å². The maximum Gasteiger partial charge on any atom is 0.311 e. The molecule has 0 bridgehead atoms. The molecule has 196 valence electrons. The predicted octanol–water partition coefficient (Wildman–Crippen LogP) is 2.35. The van der Waals surface area contributed by atoms with Crippen molar-refractivity contribution in [1.29, 1.82) is 0 Å². The molecule has 2 amide bonds. The van der Waals surface area contributed by atoms with Crippen molar-refractivity contribution in [3.8, 4) is 17.3 Å². The largest absolute Gasteiger partial charge is 0.501 e. The number of carbonyl (C=O) groups excluding carboxylic acids is 2. The Balaban J connectivity index is 1.64. The Labute approximate surface area is 213 Å². The van der Waals surface area contributed by atoms with Crippen LogP contribution in [0, 0.1) is 11.7 Å². The average Bonchev–Trinajstić information content (AvgIpc) is 3.35. The first-order valence-electron chi connectivity index (χ1n) is 12.3. The topological polar surface area (TPSA) is 133 Å². The standard InChI is InChI=1S/C26H31FN6O4/c1-32(2)26(37)24(35)29-14-20-31-21(22(34)25(36)33(20)15-17-6-4-3-5-7-17)23-28-13-19(30-23)12-16-8-10-18(27)11-9-16/h8-11,13,17,34H,3-7,12,14-15H2,1-2H3,(H,28,30)(H,29,35). The normalized spacial score (nSPS) is 13.9. The third-order valence-electron chi connectivity index (χ3n) is 6.56. The zero-order valence-corrected chi connectivity index (χ0v) is 21.0. The van der Waals surface area contributed by atoms with E-state index in [1.165, 1.54) is 30.8 Å². The molecular formula is C26H31FN6O4. The number of nitrogens with zero attached hydrogens (tertiary/aromatic N) is 4. The number of aromatic hydroxyl groups is 1. The van der Waals surface area contributed by atoms with E-state index in [-0.39, 0.29) is 35.6 Å². The fourth-order valence-electron chi connectivity index (χ4n) is 4.53. The maximum absolute atomic E-state index is 13.3. The first-order valence-corrected chi connectivity index (χ1v) is 12.3. The van der Waals surface area contributed by atoms with E-state index < -0.39 is 23.1 Å². The molecule has 0 unspecified atom stereocenters. The van der Waals surface area contributed by atoms with Gasteiger partial charge in [0.05, 0.1) is 6.54 Å². The lowest BCUT2D eigenvalue weighted by Gasteiger charge is -2.24. The summed E-state index contributed by atoms with van der Waals surface area (Å²) in [6, 6.07) is 6.06. The highest BCUT2D eigenvalue weighted by Gasteiger charge is 2.24. The number of rotatable bonds is 7. The van der Waals surface area contributed by atoms with Gasteiger partial charge in [-0.25, -0.2) is 14.4 Å². The van der Waals surface area contributed by atoms with Crippen LogP contribution in [0.5, 0.6) is 5.75 Å². The van der Waals surface area contributed by atoms with Crippen molar-refractivity contribution in [2.45, 2.75) is 51.6 Å². The highest BCUT2D eigenvalue weighted by atomic mass is 19.1. The summed E-state index contributed by atoms with van der Waals surface area (Å²) in [6.07, 6.45) is 7.22. The third kappa shape index (κ3) is 6.22. The molecule has 1 aliphatic rings. The lowest BCUT2D eigenvalue weighted by molar-refractivity contribution is -0.144. The minimum Gasteiger partial charge on any atom is -0.501 e. The van der Waals surface area contributed by atoms with E-state index in [1.54, 1.807) is 18.3 Å². The first kappa shape index (κ1) is 26.1. The minimum atomic E-state index is -0.822. The quantitative estimate of drug-likeness (QED) is 0.418. The van der Waals surface area contributed by atoms with Crippen LogP contribution in [0.15, 0.2) is 35.3 Å². The fraction of sp³-hybridized carbons (Fsp3) is 0.423. The molecule has 1 aromatic carbocycles. The molecule has 2 aromatic heterocycles. The van der Waals surface area contributed by atoms with Crippen molar-refractivity contribution in [3.63, 3.8) is 0 Å². The molecule has 3 aromatic rings. The van der Waals surface area contributed by atoms with Crippen molar-refractivity contribution >= 4 is 11.8 Å². The summed E-state index contributed by atoms with van der Waals surface area (Å²) in [4.78, 5) is 50.5. The number of hydrogen-bond acceptors (Lipinski definition) is 6. The zero-order valence-electron chi connectivity index (χ0n) is 21.0. The predicted molar refractivity (Wildman–Crippen MR) is 134 cm³/mol. The monoisotopic (exact) mass is 510 g/mol. The van der Waals surface area contributed by atoms with Crippen LogP contribution in [-0.2, 0) is 29.1 Å². The summed E-state index contributed by atoms with van der Waals surface area (Å²) >= 11 is 0. The molecule has 10 nitrogen and oxygen atoms in total. The minimum absolute atomic E-state index is 0.0431. The van der Waals surface area contributed by atoms with Gasteiger partial charge in [0.15, 0.2) is 11.5 Å². The number of carbonyl (C=O) groups is 2. The smallest absolute Gasteiger partial charge is 0.311 e. The number of imidazole rings is 1. The molecule has 4 rings (SSSR count). The van der Waals surface area contributed by atoms with Crippen LogP contribution < -0.4 is 10.9 Å². The Hall–Kier alpha value is -4.02. The molecule has 11 heteroatoms. The number of nitrogens with one attached hydrogen (secondary N) is 2. The summed E-state index contributed by atoms with van der Waals surface area (Å²) in [5.41, 5.74) is 0.861. The highest BCUT2D eigenvalue weighted by Crippen LogP contribution is 2.27. The number of aromatic amines is 1. The molecule has 1 saturated carbocycles. The van der Waals surface area contributed by atoms with Gasteiger partial charge in [-0.3, -0.25) is 19.0 Å². The molecule has 0 saturated heterocycles. The van der Waals surface area contributed by atoms with E-state index in [2.05, 4.69) is 20.3 Å². The van der Waals surface area contributed by atoms with Crippen molar-refractivity contribution in [3.05, 3.63) is 63.7 Å². The van der Waals surface area contributed by atoms with Gasteiger partial charge >= 0.3 is 11.8 Å². The van der Waals surface area contributed by atoms with Gasteiger partial charge < -0.3 is 20.3 Å². The van der Waals surface area contributed by atoms with Crippen LogP contribution in [0.4, 0.5) is 4.39 Å². The van der Waals surface area contributed by atoms with Gasteiger partial charge in [0.25, 0.3) is 5.56 Å². The maximum atomic E-state index is 13.3. The Morgan fingerprint density at radius 2 is 1.89 bits per heavy atom. The van der Waals surface area contributed by atoms with Gasteiger partial charge in [0, 0.05) is 39.0 Å². The van der Waals surface area contributed by atoms with Crippen LogP contribution in [0.3, 0.4) is 0 Å². The lowest BCUT2D eigenvalue weighted by Crippen LogP contribution is -2.40. The number of hydrogen-bond donors (Lipinski definition) is 3. The molecular weight excluding hydrogens is 479 g/mol. The van der Waals surface area contributed by atoms with Gasteiger partial charge in [-0.05, 0) is 36.5 Å². The summed E-state index contributed by atoms with van der Waals surface area (Å²) in [6.45, 7) is 0.192. The molecule has 0 aliphatic heterocycles. The van der Waals surface area contributed by atoms with E-state index in [0.717, 1.165) is 42.6 Å². The molecule has 0 atom stereocenters. The molecule has 0 spiro atoms. The molecule has 1 fully saturated rings. The SMILES string of the molecule is CN(C)C(=O)C(=O)NCc1nc(-c2ncc(Cc3ccc(F)cc3)[nH]2)c(O)c(=O)n1CC1CCCCC1. The van der Waals surface area contributed by atoms with Gasteiger partial charge in [-0.15, -0.1) is 0 Å². The third-order valence-corrected chi connectivity index (χ3v) is 6.56. The zero-order chi connectivity index (χ0) is 26.5. The lowest BCUT2D eigenvalue weighted by atomic mass is 9.89. The number of aromatic nitrogens is 4. The number of H-pyrrole nitrogens is 1. The van der Waals surface area contributed by atoms with Crippen LogP contribution in [-0.4, -0.2) is 55.4 Å². The van der Waals surface area contributed by atoms with Crippen molar-refractivity contribution in [1.82, 2.24) is 29.7 Å². The van der Waals surface area contributed by atoms with Gasteiger partial charge in [0.1, 0.15) is 11.6 Å². The second-order valence-electron chi connectivity index (χ2n) is 9.59. The number of halogens is 1. The molecule has 2 heterocycles. The van der Waals surface area contributed by atoms with Crippen molar-refractivity contribution in [2.24, 2.45) is 5.92 Å². The van der Waals surface area contributed by atoms with Crippen LogP contribution >= 0.6 is 0 Å². The van der Waals surface area contributed by atoms with E-state index in [1.807, 2.05) is 0 Å². The Kier molecular flexibility index (Phi) is 8.00. The number of benzene rings is 1. The van der Waals surface area contributed by atoms with Crippen molar-refractivity contribution in [2.75, 3.05) is 14.1 Å². The summed E-state index contributed by atoms with van der Waals surface area (Å²) < 4.78 is 14.6. The Bertz CT molecular complexity index is 1330. The summed E-state index contributed by atoms with van der Waals surface area (Å²) in [7, 11) is 2.94. The number of likely N-dealkylation sites (N-methyl/N-ethyl adjacent to an activating group) is 1. The van der Waals surface area contributed by atoms with Crippen molar-refractivity contribution < 1.29 is 19.1 Å². The fourth-order valence-corrected chi connectivity index (χ4v) is 4.53. The number of amides is 2. The van der Waals surface area contributed by atoms with Gasteiger partial charge in [-0.2, -0.15) is 0 Å². The summed E-state index contributed by atoms with van der Waals surface area (Å²) in [5.74, 6) is -1.76. The van der Waals surface area contributed by atoms with Crippen LogP contribution in [0.1, 0.15) is 49.2 Å². The highest BCUT2D eigenvalue weighted by molar-refractivity contribution is 6.34. The molecule has 1 aliphatic carbocycles. The molecule has 0 radical (unpaired) electrons. The van der Waals surface area contributed by atoms with Gasteiger partial charge in [-0.1, -0.05) is 31.4 Å². The van der Waals surface area contributed by atoms with E-state index >= 15 is 0 Å². The Morgan fingerprint density at radius 1 is 1.19 bits per heavy atom. The first-order chi connectivity index (χ1) is 17.7. The second-order valence-corrected chi connectivity index (χ2v) is 9.59. The van der Waals surface area contributed by atoms with E-state index in [9.17, 15) is 23.9 Å². The average molecular weight is 511 g/mol. The second kappa shape index (κ2) is 11.4. The van der Waals surface area contributed by atoms with E-state index in [0.29, 0.717) is 18.7 Å². The molecule has 3 N–H and O–H groups in total. The van der Waals surface area contributed by atoms with E-state index in [4.69, 9.17) is 0 Å².